The molecule has 2 aromatic carbocycles. The van der Waals surface area contributed by atoms with E-state index in [1.54, 1.807) is 0 Å². The van der Waals surface area contributed by atoms with Crippen molar-refractivity contribution in [3.8, 4) is 0 Å². The highest BCUT2D eigenvalue weighted by molar-refractivity contribution is 5.97. The number of aryl methyl sites for hydroxylation is 3. The van der Waals surface area contributed by atoms with Gasteiger partial charge in [-0.25, -0.2) is 4.79 Å². The number of hydrogen-bond acceptors (Lipinski definition) is 3. The Bertz CT molecular complexity index is 1100. The van der Waals surface area contributed by atoms with Gasteiger partial charge >= 0.3 is 5.97 Å². The fourth-order valence-electron chi connectivity index (χ4n) is 5.89. The van der Waals surface area contributed by atoms with E-state index in [-0.39, 0.29) is 11.3 Å². The third-order valence-electron chi connectivity index (χ3n) is 8.76. The topological polar surface area (TPSA) is 77.8 Å². The number of amides is 1. The minimum Gasteiger partial charge on any atom is -0.480 e. The van der Waals surface area contributed by atoms with Crippen LogP contribution in [0.5, 0.6) is 0 Å². The van der Waals surface area contributed by atoms with E-state index >= 15 is 0 Å². The summed E-state index contributed by atoms with van der Waals surface area (Å²) in [6.45, 7) is 10.0. The van der Waals surface area contributed by atoms with Gasteiger partial charge in [-0.2, -0.15) is 0 Å². The van der Waals surface area contributed by atoms with Crippen molar-refractivity contribution in [2.75, 3.05) is 7.05 Å². The van der Waals surface area contributed by atoms with Crippen LogP contribution in [0.15, 0.2) is 36.4 Å². The highest BCUT2D eigenvalue weighted by Gasteiger charge is 2.33. The van der Waals surface area contributed by atoms with E-state index in [4.69, 9.17) is 0 Å². The highest BCUT2D eigenvalue weighted by Crippen LogP contribution is 2.41. The van der Waals surface area contributed by atoms with Crippen LogP contribution in [-0.4, -0.2) is 45.7 Å². The van der Waals surface area contributed by atoms with E-state index < -0.39 is 17.6 Å². The van der Waals surface area contributed by atoms with Crippen LogP contribution in [0, 0.1) is 13.8 Å². The minimum atomic E-state index is -1.02. The van der Waals surface area contributed by atoms with Crippen LogP contribution in [0.1, 0.15) is 104 Å². The first-order chi connectivity index (χ1) is 17.0. The maximum atomic E-state index is 13.0. The predicted molar refractivity (Wildman–Crippen MR) is 145 cm³/mol. The number of carbonyl (C=O) groups excluding carboxylic acids is 1. The summed E-state index contributed by atoms with van der Waals surface area (Å²) in [5.74, 6) is -1.30. The van der Waals surface area contributed by atoms with E-state index in [1.807, 2.05) is 19.1 Å². The Morgan fingerprint density at radius 2 is 1.56 bits per heavy atom. The summed E-state index contributed by atoms with van der Waals surface area (Å²) in [6, 6.07) is 11.9. The lowest BCUT2D eigenvalue weighted by Gasteiger charge is -2.34. The third-order valence-corrected chi connectivity index (χ3v) is 8.76. The molecular weight excluding hydrogens is 450 g/mol. The molecule has 1 fully saturated rings. The number of nitrogens with zero attached hydrogens (tertiary/aromatic N) is 1. The number of aliphatic hydroxyl groups is 1. The number of carboxylic acid groups (broad SMARTS) is 1. The molecule has 5 nitrogen and oxygen atoms in total. The molecular formula is C31H43NO4. The fourth-order valence-corrected chi connectivity index (χ4v) is 5.89. The lowest BCUT2D eigenvalue weighted by Crippen LogP contribution is -2.40. The number of carbonyl (C=O) groups is 2. The van der Waals surface area contributed by atoms with Crippen molar-refractivity contribution in [1.29, 1.82) is 0 Å². The first-order valence-corrected chi connectivity index (χ1v) is 13.4. The molecule has 1 atom stereocenters. The van der Waals surface area contributed by atoms with E-state index in [9.17, 15) is 19.8 Å². The van der Waals surface area contributed by atoms with Crippen molar-refractivity contribution in [2.45, 2.75) is 103 Å². The van der Waals surface area contributed by atoms with Gasteiger partial charge in [0, 0.05) is 18.0 Å². The molecule has 0 bridgehead atoms. The number of rotatable bonds is 10. The first-order valence-electron chi connectivity index (χ1n) is 13.4. The molecule has 5 heteroatoms. The molecule has 3 rings (SSSR count). The number of aliphatic carboxylic acids is 1. The minimum absolute atomic E-state index is 0.181. The van der Waals surface area contributed by atoms with E-state index in [0.29, 0.717) is 5.56 Å². The molecule has 0 heterocycles. The van der Waals surface area contributed by atoms with Gasteiger partial charge in [0.1, 0.15) is 6.04 Å². The van der Waals surface area contributed by atoms with Crippen molar-refractivity contribution in [2.24, 2.45) is 0 Å². The van der Waals surface area contributed by atoms with Crippen molar-refractivity contribution in [3.05, 3.63) is 69.8 Å². The Morgan fingerprint density at radius 3 is 2.06 bits per heavy atom. The lowest BCUT2D eigenvalue weighted by molar-refractivity contribution is -0.141. The first kappa shape index (κ1) is 27.9. The normalized spacial score (nSPS) is 16.1. The second-order valence-electron chi connectivity index (χ2n) is 10.8. The molecule has 1 saturated carbocycles. The molecule has 2 N–H and O–H groups in total. The van der Waals surface area contributed by atoms with Crippen molar-refractivity contribution in [1.82, 2.24) is 4.90 Å². The second-order valence-corrected chi connectivity index (χ2v) is 10.8. The molecule has 1 aliphatic carbocycles. The molecule has 1 amide bonds. The Balaban J connectivity index is 1.89. The number of hydrogen-bond donors (Lipinski definition) is 2. The average Bonchev–Trinajstić information content (AvgIpc) is 3.29. The molecule has 0 saturated heterocycles. The van der Waals surface area contributed by atoms with Crippen LogP contribution in [0.25, 0.3) is 0 Å². The fraction of sp³-hybridized carbons (Fsp3) is 0.548. The molecule has 196 valence electrons. The number of benzene rings is 2. The molecule has 1 aliphatic rings. The molecule has 0 aliphatic heterocycles. The Labute approximate surface area is 216 Å². The Kier molecular flexibility index (Phi) is 8.66. The molecule has 1 unspecified atom stereocenters. The van der Waals surface area contributed by atoms with E-state index in [1.165, 1.54) is 41.1 Å². The number of carboxylic acids is 1. The van der Waals surface area contributed by atoms with Crippen LogP contribution >= 0.6 is 0 Å². The molecule has 2 aromatic rings. The van der Waals surface area contributed by atoms with Crippen LogP contribution in [0.3, 0.4) is 0 Å². The van der Waals surface area contributed by atoms with Crippen molar-refractivity contribution in [3.63, 3.8) is 0 Å². The van der Waals surface area contributed by atoms with Gasteiger partial charge in [-0.1, -0.05) is 57.0 Å². The Morgan fingerprint density at radius 1 is 1.00 bits per heavy atom. The molecule has 0 spiro atoms. The SMILES string of the molecule is CCC(CC)(c1ccc(CCC2(O)CCCC2)c(C)c1)c1ccc(C(=O)N(C)C(C)C(=O)O)c(C)c1. The van der Waals surface area contributed by atoms with Gasteiger partial charge < -0.3 is 15.1 Å². The summed E-state index contributed by atoms with van der Waals surface area (Å²) in [7, 11) is 1.53. The predicted octanol–water partition coefficient (Wildman–Crippen LogP) is 6.19. The molecule has 36 heavy (non-hydrogen) atoms. The van der Waals surface area contributed by atoms with Crippen LogP contribution in [0.2, 0.25) is 0 Å². The standard InChI is InChI=1S/C31H43NO4/c1-7-31(8-2,25-12-11-24(21(3)19-25)15-18-30(36)16-9-10-17-30)26-13-14-27(22(4)20-26)28(33)32(6)23(5)29(34)35/h11-14,19-20,23,36H,7-10,15-18H2,1-6H3,(H,34,35). The van der Waals surface area contributed by atoms with Gasteiger partial charge in [-0.05, 0) is 93.2 Å². The summed E-state index contributed by atoms with van der Waals surface area (Å²) in [4.78, 5) is 25.6. The van der Waals surface area contributed by atoms with E-state index in [2.05, 4.69) is 45.0 Å². The van der Waals surface area contributed by atoms with Gasteiger partial charge in [0.25, 0.3) is 5.91 Å². The van der Waals surface area contributed by atoms with Gasteiger partial charge in [-0.3, -0.25) is 4.79 Å². The summed E-state index contributed by atoms with van der Waals surface area (Å²) in [6.07, 6.45) is 7.65. The Hall–Kier alpha value is -2.66. The van der Waals surface area contributed by atoms with Crippen molar-refractivity contribution >= 4 is 11.9 Å². The lowest BCUT2D eigenvalue weighted by atomic mass is 9.69. The molecule has 0 radical (unpaired) electrons. The summed E-state index contributed by atoms with van der Waals surface area (Å²) < 4.78 is 0. The van der Waals surface area contributed by atoms with Gasteiger partial charge in [0.15, 0.2) is 0 Å². The smallest absolute Gasteiger partial charge is 0.326 e. The zero-order chi connectivity index (χ0) is 26.7. The average molecular weight is 494 g/mol. The van der Waals surface area contributed by atoms with Gasteiger partial charge in [0.05, 0.1) is 5.60 Å². The summed E-state index contributed by atoms with van der Waals surface area (Å²) in [5, 5.41) is 20.1. The number of likely N-dealkylation sites (N-methyl/N-ethyl adjacent to an activating group) is 1. The highest BCUT2D eigenvalue weighted by atomic mass is 16.4. The van der Waals surface area contributed by atoms with Gasteiger partial charge in [-0.15, -0.1) is 0 Å². The van der Waals surface area contributed by atoms with Crippen LogP contribution in [-0.2, 0) is 16.6 Å². The zero-order valence-electron chi connectivity index (χ0n) is 22.9. The largest absolute Gasteiger partial charge is 0.480 e. The van der Waals surface area contributed by atoms with Gasteiger partial charge in [0.2, 0.25) is 0 Å². The zero-order valence-corrected chi connectivity index (χ0v) is 22.9. The summed E-state index contributed by atoms with van der Waals surface area (Å²) >= 11 is 0. The van der Waals surface area contributed by atoms with Crippen LogP contribution in [0.4, 0.5) is 0 Å². The monoisotopic (exact) mass is 493 g/mol. The van der Waals surface area contributed by atoms with Crippen LogP contribution < -0.4 is 0 Å². The maximum Gasteiger partial charge on any atom is 0.326 e. The second kappa shape index (κ2) is 11.2. The van der Waals surface area contributed by atoms with E-state index in [0.717, 1.165) is 56.9 Å². The quantitative estimate of drug-likeness (QED) is 0.414. The van der Waals surface area contributed by atoms with Crippen molar-refractivity contribution < 1.29 is 19.8 Å². The summed E-state index contributed by atoms with van der Waals surface area (Å²) in [5.41, 5.74) is 5.71. The molecule has 0 aromatic heterocycles. The third kappa shape index (κ3) is 5.51. The maximum absolute atomic E-state index is 13.0.